The normalized spacial score (nSPS) is 11.6. The fourth-order valence-electron chi connectivity index (χ4n) is 1.71. The molecule has 0 unspecified atom stereocenters. The van der Waals surface area contributed by atoms with Gasteiger partial charge in [-0.2, -0.15) is 0 Å². The summed E-state index contributed by atoms with van der Waals surface area (Å²) in [6, 6.07) is 9.76. The zero-order chi connectivity index (χ0) is 15.5. The van der Waals surface area contributed by atoms with Crippen LogP contribution in [0.4, 0.5) is 4.39 Å². The van der Waals surface area contributed by atoms with Crippen LogP contribution in [0.25, 0.3) is 0 Å². The number of nitrogens with one attached hydrogen (secondary N) is 1. The summed E-state index contributed by atoms with van der Waals surface area (Å²) in [5.74, 6) is -0.389. The standard InChI is InChI=1S/C14H13ClFNO3S/c15-13-6-3-11(9-18)7-14(13)21(19,20)17-8-10-1-4-12(16)5-2-10/h1-7,17-18H,8-9H2. The molecule has 0 atom stereocenters. The Morgan fingerprint density at radius 1 is 1.10 bits per heavy atom. The number of aliphatic hydroxyl groups is 1. The van der Waals surface area contributed by atoms with Gasteiger partial charge >= 0.3 is 0 Å². The van der Waals surface area contributed by atoms with Crippen molar-refractivity contribution >= 4 is 21.6 Å². The molecule has 0 aliphatic carbocycles. The second kappa shape index (κ2) is 6.53. The quantitative estimate of drug-likeness (QED) is 0.885. The van der Waals surface area contributed by atoms with Gasteiger partial charge in [0, 0.05) is 6.54 Å². The molecule has 0 spiro atoms. The largest absolute Gasteiger partial charge is 0.392 e. The molecule has 0 aliphatic rings. The van der Waals surface area contributed by atoms with Crippen LogP contribution < -0.4 is 4.72 Å². The summed E-state index contributed by atoms with van der Waals surface area (Å²) in [5.41, 5.74) is 1.07. The highest BCUT2D eigenvalue weighted by Crippen LogP contribution is 2.22. The third-order valence-electron chi connectivity index (χ3n) is 2.85. The molecule has 0 saturated carbocycles. The van der Waals surface area contributed by atoms with Gasteiger partial charge in [0.25, 0.3) is 0 Å². The molecule has 2 rings (SSSR count). The number of hydrogen-bond donors (Lipinski definition) is 2. The number of benzene rings is 2. The van der Waals surface area contributed by atoms with Crippen molar-refractivity contribution in [3.05, 3.63) is 64.4 Å². The first-order valence-electron chi connectivity index (χ1n) is 6.06. The molecule has 0 aromatic heterocycles. The van der Waals surface area contributed by atoms with Gasteiger partial charge in [-0.25, -0.2) is 17.5 Å². The lowest BCUT2D eigenvalue weighted by Crippen LogP contribution is -2.23. The molecule has 0 saturated heterocycles. The Labute approximate surface area is 127 Å². The first-order valence-corrected chi connectivity index (χ1v) is 7.92. The Hall–Kier alpha value is -1.47. The van der Waals surface area contributed by atoms with Crippen molar-refractivity contribution < 1.29 is 17.9 Å². The molecule has 0 heterocycles. The van der Waals surface area contributed by atoms with E-state index in [1.165, 1.54) is 36.4 Å². The minimum atomic E-state index is -3.82. The van der Waals surface area contributed by atoms with Crippen molar-refractivity contribution in [1.82, 2.24) is 4.72 Å². The second-order valence-electron chi connectivity index (χ2n) is 4.37. The van der Waals surface area contributed by atoms with E-state index < -0.39 is 10.0 Å². The van der Waals surface area contributed by atoms with Crippen LogP contribution in [0, 0.1) is 5.82 Å². The Morgan fingerprint density at radius 2 is 1.71 bits per heavy atom. The number of hydrogen-bond acceptors (Lipinski definition) is 3. The molecule has 2 aromatic carbocycles. The Bertz CT molecular complexity index is 732. The van der Waals surface area contributed by atoms with E-state index in [2.05, 4.69) is 4.72 Å². The van der Waals surface area contributed by atoms with Gasteiger partial charge < -0.3 is 5.11 Å². The van der Waals surface area contributed by atoms with Crippen LogP contribution in [0.15, 0.2) is 47.4 Å². The molecule has 0 amide bonds. The van der Waals surface area contributed by atoms with Crippen molar-refractivity contribution in [2.75, 3.05) is 0 Å². The van der Waals surface area contributed by atoms with E-state index in [0.717, 1.165) is 0 Å². The summed E-state index contributed by atoms with van der Waals surface area (Å²) >= 11 is 5.89. The van der Waals surface area contributed by atoms with E-state index in [0.29, 0.717) is 11.1 Å². The van der Waals surface area contributed by atoms with E-state index in [4.69, 9.17) is 16.7 Å². The smallest absolute Gasteiger partial charge is 0.242 e. The van der Waals surface area contributed by atoms with Gasteiger partial charge in [-0.05, 0) is 35.4 Å². The van der Waals surface area contributed by atoms with Crippen molar-refractivity contribution in [2.45, 2.75) is 18.0 Å². The van der Waals surface area contributed by atoms with Crippen molar-refractivity contribution in [3.63, 3.8) is 0 Å². The van der Waals surface area contributed by atoms with Gasteiger partial charge in [-0.15, -0.1) is 0 Å². The maximum absolute atomic E-state index is 12.8. The van der Waals surface area contributed by atoms with Crippen LogP contribution >= 0.6 is 11.6 Å². The molecule has 0 radical (unpaired) electrons. The van der Waals surface area contributed by atoms with E-state index in [1.807, 2.05) is 0 Å². The van der Waals surface area contributed by atoms with Gasteiger partial charge in [0.05, 0.1) is 11.6 Å². The minimum Gasteiger partial charge on any atom is -0.392 e. The fourth-order valence-corrected chi connectivity index (χ4v) is 3.28. The van der Waals surface area contributed by atoms with Crippen LogP contribution in [0.5, 0.6) is 0 Å². The summed E-state index contributed by atoms with van der Waals surface area (Å²) in [4.78, 5) is -0.0992. The van der Waals surface area contributed by atoms with Crippen LogP contribution in [0.1, 0.15) is 11.1 Å². The predicted octanol–water partition coefficient (Wildman–Crippen LogP) is 2.45. The van der Waals surface area contributed by atoms with Crippen LogP contribution in [-0.2, 0) is 23.2 Å². The summed E-state index contributed by atoms with van der Waals surface area (Å²) in [7, 11) is -3.82. The maximum atomic E-state index is 12.8. The molecule has 112 valence electrons. The van der Waals surface area contributed by atoms with E-state index in [-0.39, 0.29) is 28.9 Å². The van der Waals surface area contributed by atoms with E-state index in [9.17, 15) is 12.8 Å². The Kier molecular flexibility index (Phi) is 4.95. The molecule has 0 aliphatic heterocycles. The first-order chi connectivity index (χ1) is 9.92. The van der Waals surface area contributed by atoms with Crippen molar-refractivity contribution in [1.29, 1.82) is 0 Å². The zero-order valence-electron chi connectivity index (χ0n) is 10.9. The highest BCUT2D eigenvalue weighted by atomic mass is 35.5. The monoisotopic (exact) mass is 329 g/mol. The van der Waals surface area contributed by atoms with Gasteiger partial charge in [-0.1, -0.05) is 29.8 Å². The molecule has 0 bridgehead atoms. The predicted molar refractivity (Wildman–Crippen MR) is 77.8 cm³/mol. The molecule has 2 N–H and O–H groups in total. The van der Waals surface area contributed by atoms with E-state index >= 15 is 0 Å². The maximum Gasteiger partial charge on any atom is 0.242 e. The highest BCUT2D eigenvalue weighted by Gasteiger charge is 2.18. The van der Waals surface area contributed by atoms with Crippen LogP contribution in [0.3, 0.4) is 0 Å². The van der Waals surface area contributed by atoms with Gasteiger partial charge in [-0.3, -0.25) is 0 Å². The van der Waals surface area contributed by atoms with Crippen LogP contribution in [0.2, 0.25) is 5.02 Å². The second-order valence-corrected chi connectivity index (χ2v) is 6.52. The highest BCUT2D eigenvalue weighted by molar-refractivity contribution is 7.89. The number of aliphatic hydroxyl groups excluding tert-OH is 1. The summed E-state index contributed by atoms with van der Waals surface area (Å²) in [5, 5.41) is 9.13. The first kappa shape index (κ1) is 15.9. The number of halogens is 2. The van der Waals surface area contributed by atoms with E-state index in [1.54, 1.807) is 6.07 Å². The SMILES string of the molecule is O=S(=O)(NCc1ccc(F)cc1)c1cc(CO)ccc1Cl. The Balaban J connectivity index is 2.20. The lowest BCUT2D eigenvalue weighted by molar-refractivity contribution is 0.281. The van der Waals surface area contributed by atoms with Gasteiger partial charge in [0.1, 0.15) is 10.7 Å². The van der Waals surface area contributed by atoms with Crippen molar-refractivity contribution in [3.8, 4) is 0 Å². The van der Waals surface area contributed by atoms with Gasteiger partial charge in [0.2, 0.25) is 10.0 Å². The fraction of sp³-hybridized carbons (Fsp3) is 0.143. The van der Waals surface area contributed by atoms with Crippen LogP contribution in [-0.4, -0.2) is 13.5 Å². The number of rotatable bonds is 5. The minimum absolute atomic E-state index is 0.0162. The summed E-state index contributed by atoms with van der Waals surface area (Å²) < 4.78 is 39.6. The Morgan fingerprint density at radius 3 is 2.33 bits per heavy atom. The number of sulfonamides is 1. The van der Waals surface area contributed by atoms with Gasteiger partial charge in [0.15, 0.2) is 0 Å². The summed E-state index contributed by atoms with van der Waals surface area (Å²) in [6.45, 7) is -0.264. The molecule has 2 aromatic rings. The molecule has 21 heavy (non-hydrogen) atoms. The summed E-state index contributed by atoms with van der Waals surface area (Å²) in [6.07, 6.45) is 0. The zero-order valence-corrected chi connectivity index (χ0v) is 12.5. The lowest BCUT2D eigenvalue weighted by atomic mass is 10.2. The lowest BCUT2D eigenvalue weighted by Gasteiger charge is -2.09. The molecular formula is C14H13ClFNO3S. The average Bonchev–Trinajstić information content (AvgIpc) is 2.47. The third-order valence-corrected chi connectivity index (χ3v) is 4.73. The average molecular weight is 330 g/mol. The third kappa shape index (κ3) is 4.01. The molecular weight excluding hydrogens is 317 g/mol. The molecule has 7 heteroatoms. The molecule has 4 nitrogen and oxygen atoms in total. The van der Waals surface area contributed by atoms with Crippen molar-refractivity contribution in [2.24, 2.45) is 0 Å². The molecule has 0 fully saturated rings. The topological polar surface area (TPSA) is 66.4 Å².